The number of primary amides is 1. The number of nitrogens with zero attached hydrogens (tertiary/aromatic N) is 1. The fourth-order valence-electron chi connectivity index (χ4n) is 1.06. The molecule has 1 heterocycles. The zero-order chi connectivity index (χ0) is 11.1. The number of hydrogen-bond acceptors (Lipinski definition) is 5. The summed E-state index contributed by atoms with van der Waals surface area (Å²) in [5.74, 6) is -0.442. The van der Waals surface area contributed by atoms with Gasteiger partial charge in [0.2, 0.25) is 5.91 Å². The number of thiazole rings is 1. The molecule has 6 heteroatoms. The van der Waals surface area contributed by atoms with Crippen LogP contribution in [0.25, 0.3) is 0 Å². The second-order valence-electron chi connectivity index (χ2n) is 3.07. The third kappa shape index (κ3) is 4.87. The van der Waals surface area contributed by atoms with Crippen molar-refractivity contribution in [3.05, 3.63) is 16.6 Å². The number of nitrogens with one attached hydrogen (secondary N) is 1. The molecule has 1 amide bonds. The van der Waals surface area contributed by atoms with Gasteiger partial charge in [-0.15, -0.1) is 11.3 Å². The number of aromatic nitrogens is 1. The summed E-state index contributed by atoms with van der Waals surface area (Å²) in [6.07, 6.45) is 1.78. The van der Waals surface area contributed by atoms with Gasteiger partial charge in [-0.1, -0.05) is 0 Å². The highest BCUT2D eigenvalue weighted by molar-refractivity contribution is 7.09. The van der Waals surface area contributed by atoms with Gasteiger partial charge >= 0.3 is 0 Å². The van der Waals surface area contributed by atoms with Gasteiger partial charge in [0.1, 0.15) is 11.6 Å². The minimum Gasteiger partial charge on any atom is -0.370 e. The lowest BCUT2D eigenvalue weighted by Crippen LogP contribution is -2.25. The largest absolute Gasteiger partial charge is 0.370 e. The molecule has 0 aliphatic rings. The predicted octanol–water partition coefficient (Wildman–Crippen LogP) is 0.296. The second-order valence-corrected chi connectivity index (χ2v) is 3.99. The van der Waals surface area contributed by atoms with Crippen LogP contribution in [0.1, 0.15) is 18.0 Å². The molecule has 0 saturated carbocycles. The summed E-state index contributed by atoms with van der Waals surface area (Å²) < 4.78 is 5.01. The van der Waals surface area contributed by atoms with E-state index in [2.05, 4.69) is 10.3 Å². The molecule has 0 bridgehead atoms. The highest BCUT2D eigenvalue weighted by Gasteiger charge is 2.06. The molecule has 15 heavy (non-hydrogen) atoms. The summed E-state index contributed by atoms with van der Waals surface area (Å²) in [5.41, 5.74) is 4.92. The van der Waals surface area contributed by atoms with E-state index in [0.717, 1.165) is 5.01 Å². The van der Waals surface area contributed by atoms with Crippen LogP contribution < -0.4 is 11.1 Å². The number of carbonyl (C=O) groups excluding carboxylic acids is 1. The van der Waals surface area contributed by atoms with Crippen molar-refractivity contribution in [2.75, 3.05) is 19.8 Å². The molecule has 0 fully saturated rings. The van der Waals surface area contributed by atoms with E-state index in [9.17, 15) is 4.79 Å². The summed E-state index contributed by atoms with van der Waals surface area (Å²) in [7, 11) is 0. The van der Waals surface area contributed by atoms with Crippen molar-refractivity contribution in [3.63, 3.8) is 0 Å². The van der Waals surface area contributed by atoms with Crippen LogP contribution in [0.5, 0.6) is 0 Å². The molecule has 1 unspecified atom stereocenters. The van der Waals surface area contributed by atoms with Crippen molar-refractivity contribution < 1.29 is 9.53 Å². The van der Waals surface area contributed by atoms with Crippen LogP contribution in [-0.2, 0) is 9.53 Å². The summed E-state index contributed by atoms with van der Waals surface area (Å²) in [6.45, 7) is 3.16. The van der Waals surface area contributed by atoms with Crippen molar-refractivity contribution in [1.82, 2.24) is 10.3 Å². The van der Waals surface area contributed by atoms with Gasteiger partial charge in [-0.25, -0.2) is 4.98 Å². The van der Waals surface area contributed by atoms with E-state index in [0.29, 0.717) is 13.2 Å². The summed E-state index contributed by atoms with van der Waals surface area (Å²) in [6, 6.07) is 0.210. The molecule has 0 saturated heterocycles. The summed E-state index contributed by atoms with van der Waals surface area (Å²) >= 11 is 1.61. The third-order valence-electron chi connectivity index (χ3n) is 1.76. The zero-order valence-electron chi connectivity index (χ0n) is 8.60. The van der Waals surface area contributed by atoms with Crippen LogP contribution in [0.4, 0.5) is 0 Å². The Morgan fingerprint density at radius 3 is 3.20 bits per heavy atom. The molecule has 3 N–H and O–H groups in total. The van der Waals surface area contributed by atoms with Gasteiger partial charge in [-0.2, -0.15) is 0 Å². The van der Waals surface area contributed by atoms with Gasteiger partial charge in [0.25, 0.3) is 0 Å². The van der Waals surface area contributed by atoms with Gasteiger partial charge in [-0.3, -0.25) is 4.79 Å². The standard InChI is InChI=1S/C9H15N3O2S/c1-7(9-12-3-5-15-9)11-2-4-14-6-8(10)13/h3,5,7,11H,2,4,6H2,1H3,(H2,10,13). The first kappa shape index (κ1) is 12.1. The minimum absolute atomic E-state index is 0.0205. The Labute approximate surface area is 92.6 Å². The normalized spacial score (nSPS) is 12.6. The quantitative estimate of drug-likeness (QED) is 0.659. The topological polar surface area (TPSA) is 77.2 Å². The van der Waals surface area contributed by atoms with Crippen LogP contribution in [0.2, 0.25) is 0 Å². The van der Waals surface area contributed by atoms with Gasteiger partial charge in [-0.05, 0) is 6.92 Å². The molecule has 0 spiro atoms. The highest BCUT2D eigenvalue weighted by Crippen LogP contribution is 2.13. The SMILES string of the molecule is CC(NCCOCC(N)=O)c1nccs1. The molecule has 0 aliphatic heterocycles. The number of ether oxygens (including phenoxy) is 1. The zero-order valence-corrected chi connectivity index (χ0v) is 9.42. The molecular formula is C9H15N3O2S. The lowest BCUT2D eigenvalue weighted by atomic mass is 10.3. The number of nitrogens with two attached hydrogens (primary N) is 1. The Bertz CT molecular complexity index is 290. The predicted molar refractivity (Wildman–Crippen MR) is 58.5 cm³/mol. The molecule has 84 valence electrons. The first-order chi connectivity index (χ1) is 7.20. The van der Waals surface area contributed by atoms with Gasteiger partial charge in [0.05, 0.1) is 12.6 Å². The molecule has 1 aromatic heterocycles. The first-order valence-corrected chi connectivity index (χ1v) is 5.57. The fourth-order valence-corrected chi connectivity index (χ4v) is 1.73. The highest BCUT2D eigenvalue weighted by atomic mass is 32.1. The number of hydrogen-bond donors (Lipinski definition) is 2. The Kier molecular flexibility index (Phi) is 5.23. The number of amides is 1. The van der Waals surface area contributed by atoms with E-state index in [1.807, 2.05) is 12.3 Å². The van der Waals surface area contributed by atoms with Crippen LogP contribution >= 0.6 is 11.3 Å². The van der Waals surface area contributed by atoms with Crippen LogP contribution in [0.3, 0.4) is 0 Å². The summed E-state index contributed by atoms with van der Waals surface area (Å²) in [5, 5.41) is 6.22. The monoisotopic (exact) mass is 229 g/mol. The van der Waals surface area contributed by atoms with Crippen molar-refractivity contribution in [2.24, 2.45) is 5.73 Å². The van der Waals surface area contributed by atoms with E-state index in [1.165, 1.54) is 0 Å². The average molecular weight is 229 g/mol. The molecular weight excluding hydrogens is 214 g/mol. The number of carbonyl (C=O) groups is 1. The van der Waals surface area contributed by atoms with Crippen LogP contribution in [0, 0.1) is 0 Å². The Balaban J connectivity index is 2.08. The molecule has 1 atom stereocenters. The third-order valence-corrected chi connectivity index (χ3v) is 2.72. The maximum absolute atomic E-state index is 10.4. The Hall–Kier alpha value is -0.980. The molecule has 1 rings (SSSR count). The smallest absolute Gasteiger partial charge is 0.243 e. The second kappa shape index (κ2) is 6.49. The molecule has 5 nitrogen and oxygen atoms in total. The minimum atomic E-state index is -0.442. The molecule has 0 aliphatic carbocycles. The Morgan fingerprint density at radius 1 is 1.80 bits per heavy atom. The van der Waals surface area contributed by atoms with Gasteiger partial charge < -0.3 is 15.8 Å². The van der Waals surface area contributed by atoms with Gasteiger partial charge in [0, 0.05) is 18.1 Å². The van der Waals surface area contributed by atoms with Crippen molar-refractivity contribution >= 4 is 17.2 Å². The Morgan fingerprint density at radius 2 is 2.60 bits per heavy atom. The summed E-state index contributed by atoms with van der Waals surface area (Å²) in [4.78, 5) is 14.5. The molecule has 0 radical (unpaired) electrons. The van der Waals surface area contributed by atoms with E-state index < -0.39 is 5.91 Å². The van der Waals surface area contributed by atoms with E-state index in [4.69, 9.17) is 10.5 Å². The maximum Gasteiger partial charge on any atom is 0.243 e. The average Bonchev–Trinajstić information content (AvgIpc) is 2.69. The van der Waals surface area contributed by atoms with Crippen molar-refractivity contribution in [3.8, 4) is 0 Å². The van der Waals surface area contributed by atoms with Crippen molar-refractivity contribution in [2.45, 2.75) is 13.0 Å². The lowest BCUT2D eigenvalue weighted by molar-refractivity contribution is -0.122. The fraction of sp³-hybridized carbons (Fsp3) is 0.556. The van der Waals surface area contributed by atoms with Crippen molar-refractivity contribution in [1.29, 1.82) is 0 Å². The first-order valence-electron chi connectivity index (χ1n) is 4.69. The number of rotatable bonds is 7. The van der Waals surface area contributed by atoms with Gasteiger partial charge in [0.15, 0.2) is 0 Å². The lowest BCUT2D eigenvalue weighted by Gasteiger charge is -2.10. The maximum atomic E-state index is 10.4. The molecule has 1 aromatic rings. The van der Waals surface area contributed by atoms with E-state index >= 15 is 0 Å². The molecule has 0 aromatic carbocycles. The van der Waals surface area contributed by atoms with Crippen LogP contribution in [-0.4, -0.2) is 30.6 Å². The van der Waals surface area contributed by atoms with E-state index in [1.54, 1.807) is 17.5 Å². The van der Waals surface area contributed by atoms with E-state index in [-0.39, 0.29) is 12.6 Å². The van der Waals surface area contributed by atoms with Crippen LogP contribution in [0.15, 0.2) is 11.6 Å².